The third kappa shape index (κ3) is 34.7. The molecule has 0 heterocycles. The molecule has 0 aromatic heterocycles. The molecule has 0 aliphatic heterocycles. The fourth-order valence-corrected chi connectivity index (χ4v) is 9.42. The van der Waals surface area contributed by atoms with Gasteiger partial charge in [0, 0.05) is 0 Å². The van der Waals surface area contributed by atoms with E-state index in [1.165, 1.54) is 141 Å². The lowest BCUT2D eigenvalue weighted by Crippen LogP contribution is -2.56. The van der Waals surface area contributed by atoms with Gasteiger partial charge in [-0.2, -0.15) is 8.42 Å². The molecule has 12 nitrogen and oxygen atoms in total. The Bertz CT molecular complexity index is 911. The van der Waals surface area contributed by atoms with Crippen LogP contribution in [0.5, 0.6) is 0 Å². The van der Waals surface area contributed by atoms with Crippen molar-refractivity contribution >= 4 is 10.4 Å². The summed E-state index contributed by atoms with van der Waals surface area (Å²) in [5.41, 5.74) is 0. The largest absolute Gasteiger partial charge is 0.400 e. The maximum atomic E-state index is 12.7. The van der Waals surface area contributed by atoms with Gasteiger partial charge < -0.3 is 39.6 Å². The first-order valence-electron chi connectivity index (χ1n) is 24.6. The quantitative estimate of drug-likeness (QED) is 0.0265. The fourth-order valence-electron chi connectivity index (χ4n) is 8.71. The van der Waals surface area contributed by atoms with Crippen LogP contribution >= 0.6 is 0 Å². The van der Waals surface area contributed by atoms with Gasteiger partial charge in [0.25, 0.3) is 0 Å². The first kappa shape index (κ1) is 58.6. The number of aliphatic hydroxyl groups excluding tert-OH is 6. The molecule has 0 aromatic carbocycles. The molecule has 6 N–H and O–H groups in total. The van der Waals surface area contributed by atoms with Crippen molar-refractivity contribution in [3.05, 3.63) is 0 Å². The average molecular weight is 871 g/mol. The molecule has 0 amide bonds. The molecule has 356 valence electrons. The normalized spacial score (nSPS) is 13.7. The molecule has 59 heavy (non-hydrogen) atoms. The van der Waals surface area contributed by atoms with Crippen LogP contribution in [0, 0.1) is 0 Å². The average Bonchev–Trinajstić information content (AvgIpc) is 3.20. The van der Waals surface area contributed by atoms with E-state index in [9.17, 15) is 39.1 Å². The molecule has 0 aliphatic carbocycles. The van der Waals surface area contributed by atoms with Gasteiger partial charge in [0.1, 0.15) is 64.7 Å². The van der Waals surface area contributed by atoms with Crippen LogP contribution in [0.2, 0.25) is 0 Å². The Hall–Kier alpha value is -0.450. The number of hydrogen-bond acceptors (Lipinski definition) is 10. The van der Waals surface area contributed by atoms with E-state index in [0.29, 0.717) is 39.3 Å². The number of hydrogen-bond donors (Lipinski definition) is 6. The molecule has 0 bridgehead atoms. The van der Waals surface area contributed by atoms with E-state index in [1.807, 2.05) is 0 Å². The monoisotopic (exact) mass is 871 g/mol. The Morgan fingerprint density at radius 3 is 0.814 bits per heavy atom. The summed E-state index contributed by atoms with van der Waals surface area (Å²) in [6.07, 6.45) is 32.4. The van der Waals surface area contributed by atoms with Crippen LogP contribution in [-0.4, -0.2) is 152 Å². The van der Waals surface area contributed by atoms with Gasteiger partial charge in [0.2, 0.25) is 0 Å². The minimum Gasteiger partial charge on any atom is -0.391 e. The van der Waals surface area contributed by atoms with E-state index in [1.54, 1.807) is 0 Å². The smallest absolute Gasteiger partial charge is 0.391 e. The SMILES string of the molecule is CCCCCCCCCCCCCCCC[N+](CCO)(CCO)CC(O)COS(=O)(=O)OCC(O)C[N+](CCO)(CCO)CCCCCCCCCCCCCCCC. The van der Waals surface area contributed by atoms with Crippen molar-refractivity contribution < 1.29 is 56.4 Å². The molecule has 0 saturated carbocycles. The summed E-state index contributed by atoms with van der Waals surface area (Å²) in [4.78, 5) is 0. The molecule has 0 radical (unpaired) electrons. The van der Waals surface area contributed by atoms with Crippen LogP contribution in [0.3, 0.4) is 0 Å². The first-order chi connectivity index (χ1) is 28.6. The number of unbranched alkanes of at least 4 members (excludes halogenated alkanes) is 26. The Balaban J connectivity index is 4.65. The second-order valence-electron chi connectivity index (χ2n) is 17.8. The van der Waals surface area contributed by atoms with Crippen molar-refractivity contribution in [2.45, 2.75) is 206 Å². The molecule has 0 fully saturated rings. The van der Waals surface area contributed by atoms with Gasteiger partial charge in [-0.15, -0.1) is 0 Å². The summed E-state index contributed by atoms with van der Waals surface area (Å²) in [5, 5.41) is 61.1. The second-order valence-corrected chi connectivity index (χ2v) is 19.0. The summed E-state index contributed by atoms with van der Waals surface area (Å²) < 4.78 is 35.9. The number of quaternary nitrogens is 2. The van der Waals surface area contributed by atoms with Crippen molar-refractivity contribution in [2.75, 3.05) is 92.0 Å². The van der Waals surface area contributed by atoms with Crippen LogP contribution < -0.4 is 0 Å². The van der Waals surface area contributed by atoms with Gasteiger partial charge in [-0.1, -0.05) is 168 Å². The molecular weight excluding hydrogens is 773 g/mol. The predicted octanol–water partition coefficient (Wildman–Crippen LogP) is 7.55. The van der Waals surface area contributed by atoms with Gasteiger partial charge in [-0.05, 0) is 25.7 Å². The molecule has 0 saturated heterocycles. The van der Waals surface area contributed by atoms with E-state index >= 15 is 0 Å². The molecule has 2 atom stereocenters. The van der Waals surface area contributed by atoms with Crippen LogP contribution in [-0.2, 0) is 18.8 Å². The third-order valence-corrected chi connectivity index (χ3v) is 13.1. The van der Waals surface area contributed by atoms with Crippen LogP contribution in [0.15, 0.2) is 0 Å². The Morgan fingerprint density at radius 1 is 0.373 bits per heavy atom. The van der Waals surface area contributed by atoms with Gasteiger partial charge in [-0.25, -0.2) is 8.37 Å². The van der Waals surface area contributed by atoms with Crippen molar-refractivity contribution in [3.63, 3.8) is 0 Å². The highest BCUT2D eigenvalue weighted by atomic mass is 32.3. The Morgan fingerprint density at radius 2 is 0.593 bits per heavy atom. The molecule has 0 aromatic rings. The van der Waals surface area contributed by atoms with E-state index in [4.69, 9.17) is 8.37 Å². The van der Waals surface area contributed by atoms with Gasteiger partial charge in [-0.3, -0.25) is 0 Å². The highest BCUT2D eigenvalue weighted by Crippen LogP contribution is 2.18. The molecular formula is C46H98N2O10S+2. The summed E-state index contributed by atoms with van der Waals surface area (Å²) in [7, 11) is -4.55. The summed E-state index contributed by atoms with van der Waals surface area (Å²) in [6, 6.07) is 0. The zero-order valence-corrected chi connectivity index (χ0v) is 39.3. The maximum Gasteiger partial charge on any atom is 0.400 e. The van der Waals surface area contributed by atoms with Crippen molar-refractivity contribution in [2.24, 2.45) is 0 Å². The van der Waals surface area contributed by atoms with Gasteiger partial charge in [0.15, 0.2) is 0 Å². The zero-order valence-electron chi connectivity index (χ0n) is 38.5. The third-order valence-electron chi connectivity index (χ3n) is 12.3. The summed E-state index contributed by atoms with van der Waals surface area (Å²) >= 11 is 0. The van der Waals surface area contributed by atoms with E-state index in [-0.39, 0.29) is 48.5 Å². The molecule has 0 spiro atoms. The topological polar surface area (TPSA) is 174 Å². The number of nitrogens with zero attached hydrogens (tertiary/aromatic N) is 2. The summed E-state index contributed by atoms with van der Waals surface area (Å²) in [5.74, 6) is 0. The first-order valence-corrected chi connectivity index (χ1v) is 25.9. The van der Waals surface area contributed by atoms with E-state index in [2.05, 4.69) is 13.8 Å². The van der Waals surface area contributed by atoms with Gasteiger partial charge >= 0.3 is 10.4 Å². The molecule has 13 heteroatoms. The lowest BCUT2D eigenvalue weighted by Gasteiger charge is -2.39. The van der Waals surface area contributed by atoms with Crippen molar-refractivity contribution in [1.29, 1.82) is 0 Å². The Labute approximate surface area is 363 Å². The highest BCUT2D eigenvalue weighted by Gasteiger charge is 2.32. The molecule has 0 rings (SSSR count). The maximum absolute atomic E-state index is 12.7. The fraction of sp³-hybridized carbons (Fsp3) is 1.00. The lowest BCUT2D eigenvalue weighted by molar-refractivity contribution is -0.931. The van der Waals surface area contributed by atoms with Crippen molar-refractivity contribution in [3.8, 4) is 0 Å². The standard InChI is InChI=1S/C46H98N2O10S/c1-3-5-7-9-11-13-15-17-19-21-23-25-27-29-31-47(33-37-49,34-38-50)41-45(53)43-57-59(55,56)58-44-46(54)42-48(35-39-51,36-40-52)32-30-28-26-24-22-20-18-16-14-12-10-8-6-4-2/h45-46,49-54H,3-44H2,1-2H3/q+2. The van der Waals surface area contributed by atoms with Crippen LogP contribution in [0.25, 0.3) is 0 Å². The van der Waals surface area contributed by atoms with Crippen LogP contribution in [0.4, 0.5) is 0 Å². The van der Waals surface area contributed by atoms with E-state index < -0.39 is 35.8 Å². The Kier molecular flexibility index (Phi) is 40.0. The second kappa shape index (κ2) is 40.3. The molecule has 2 unspecified atom stereocenters. The minimum absolute atomic E-state index is 0.110. The number of rotatable bonds is 48. The minimum atomic E-state index is -4.55. The van der Waals surface area contributed by atoms with Crippen molar-refractivity contribution in [1.82, 2.24) is 0 Å². The molecule has 0 aliphatic rings. The van der Waals surface area contributed by atoms with E-state index in [0.717, 1.165) is 38.5 Å². The van der Waals surface area contributed by atoms with Gasteiger partial charge in [0.05, 0.1) is 39.5 Å². The summed E-state index contributed by atoms with van der Waals surface area (Å²) in [6.45, 7) is 5.70. The lowest BCUT2D eigenvalue weighted by atomic mass is 10.0. The predicted molar refractivity (Wildman–Crippen MR) is 241 cm³/mol. The number of aliphatic hydroxyl groups is 6. The zero-order chi connectivity index (χ0) is 43.8. The van der Waals surface area contributed by atoms with Crippen LogP contribution in [0.1, 0.15) is 194 Å². The highest BCUT2D eigenvalue weighted by molar-refractivity contribution is 7.81.